The number of nitrogens with one attached hydrogen (secondary N) is 1. The molecule has 2 aromatic rings. The number of hydrazine groups is 1. The Bertz CT molecular complexity index is 730. The number of carbonyl (C=O) groups is 2. The highest BCUT2D eigenvalue weighted by molar-refractivity contribution is 6.45. The van der Waals surface area contributed by atoms with Crippen LogP contribution in [-0.2, 0) is 9.59 Å². The highest BCUT2D eigenvalue weighted by Crippen LogP contribution is 2.27. The smallest absolute Gasteiger partial charge is 0.310 e. The average molecular weight is 317 g/mol. The Balaban J connectivity index is 1.91. The van der Waals surface area contributed by atoms with Crippen LogP contribution in [0.5, 0.6) is 5.75 Å². The van der Waals surface area contributed by atoms with Crippen molar-refractivity contribution in [3.8, 4) is 5.75 Å². The summed E-state index contributed by atoms with van der Waals surface area (Å²) in [6.07, 6.45) is 0. The third-order valence-electron chi connectivity index (χ3n) is 3.45. The number of hydrogen-bond donors (Lipinski definition) is 1. The maximum absolute atomic E-state index is 12.2. The van der Waals surface area contributed by atoms with Gasteiger partial charge in [0.15, 0.2) is 0 Å². The summed E-state index contributed by atoms with van der Waals surface area (Å²) < 4.78 is 5.15. The van der Waals surface area contributed by atoms with Crippen molar-refractivity contribution >= 4 is 29.0 Å². The van der Waals surface area contributed by atoms with Gasteiger partial charge in [-0.05, 0) is 42.0 Å². The third kappa shape index (κ3) is 2.56. The summed E-state index contributed by atoms with van der Waals surface area (Å²) in [4.78, 5) is 24.4. The number of carbonyl (C=O) groups excluding carboxylic acids is 2. The van der Waals surface area contributed by atoms with Crippen LogP contribution >= 0.6 is 11.6 Å². The van der Waals surface area contributed by atoms with Crippen molar-refractivity contribution < 1.29 is 14.3 Å². The number of halogens is 1. The predicted molar refractivity (Wildman–Crippen MR) is 82.8 cm³/mol. The highest BCUT2D eigenvalue weighted by Gasteiger charge is 2.40. The maximum atomic E-state index is 12.2. The monoisotopic (exact) mass is 316 g/mol. The lowest BCUT2D eigenvalue weighted by molar-refractivity contribution is -0.134. The van der Waals surface area contributed by atoms with Crippen LogP contribution in [0.25, 0.3) is 0 Å². The zero-order chi connectivity index (χ0) is 15.7. The lowest BCUT2D eigenvalue weighted by Crippen LogP contribution is -2.35. The minimum absolute atomic E-state index is 0.511. The molecule has 2 aromatic carbocycles. The van der Waals surface area contributed by atoms with Crippen LogP contribution in [0, 0.1) is 0 Å². The number of nitrogens with zero attached hydrogens (tertiary/aromatic N) is 1. The topological polar surface area (TPSA) is 58.6 Å². The van der Waals surface area contributed by atoms with Gasteiger partial charge in [-0.3, -0.25) is 9.59 Å². The molecule has 1 heterocycles. The molecule has 5 nitrogen and oxygen atoms in total. The first kappa shape index (κ1) is 14.6. The van der Waals surface area contributed by atoms with Gasteiger partial charge in [0.25, 0.3) is 0 Å². The van der Waals surface area contributed by atoms with Crippen LogP contribution in [-0.4, -0.2) is 18.8 Å². The second-order valence-electron chi connectivity index (χ2n) is 4.82. The number of Topliss-reactive ketones (excluding diaryl/α,β-unsaturated/α-hetero) is 1. The van der Waals surface area contributed by atoms with E-state index in [-0.39, 0.29) is 0 Å². The molecule has 112 valence electrons. The second-order valence-corrected chi connectivity index (χ2v) is 5.26. The van der Waals surface area contributed by atoms with Gasteiger partial charge in [-0.15, -0.1) is 0 Å². The van der Waals surface area contributed by atoms with Gasteiger partial charge in [-0.25, -0.2) is 10.4 Å². The van der Waals surface area contributed by atoms with E-state index in [0.717, 1.165) is 0 Å². The fraction of sp³-hybridized carbons (Fsp3) is 0.125. The van der Waals surface area contributed by atoms with Gasteiger partial charge in [0.1, 0.15) is 11.8 Å². The number of rotatable bonds is 3. The number of methoxy groups -OCH3 is 1. The van der Waals surface area contributed by atoms with E-state index in [9.17, 15) is 9.59 Å². The number of ether oxygens (including phenoxy) is 1. The van der Waals surface area contributed by atoms with Gasteiger partial charge >= 0.3 is 5.91 Å². The van der Waals surface area contributed by atoms with E-state index in [1.165, 1.54) is 5.01 Å². The van der Waals surface area contributed by atoms with E-state index in [1.54, 1.807) is 55.6 Å². The molecule has 0 spiro atoms. The number of amides is 1. The summed E-state index contributed by atoms with van der Waals surface area (Å²) in [5, 5.41) is 1.80. The molecule has 1 unspecified atom stereocenters. The molecule has 0 radical (unpaired) electrons. The van der Waals surface area contributed by atoms with Gasteiger partial charge < -0.3 is 4.74 Å². The molecule has 1 aliphatic rings. The van der Waals surface area contributed by atoms with Gasteiger partial charge in [0.2, 0.25) is 5.78 Å². The average Bonchev–Trinajstić information content (AvgIpc) is 2.84. The molecule has 1 atom stereocenters. The molecule has 0 aliphatic carbocycles. The maximum Gasteiger partial charge on any atom is 0.310 e. The number of anilines is 1. The molecule has 0 aromatic heterocycles. The van der Waals surface area contributed by atoms with Crippen molar-refractivity contribution in [3.63, 3.8) is 0 Å². The zero-order valence-electron chi connectivity index (χ0n) is 11.7. The number of hydrogen-bond acceptors (Lipinski definition) is 4. The van der Waals surface area contributed by atoms with Crippen molar-refractivity contribution in [1.82, 2.24) is 5.43 Å². The quantitative estimate of drug-likeness (QED) is 0.884. The van der Waals surface area contributed by atoms with Crippen LogP contribution in [0.3, 0.4) is 0 Å². The fourth-order valence-electron chi connectivity index (χ4n) is 2.31. The molecule has 0 saturated carbocycles. The van der Waals surface area contributed by atoms with Gasteiger partial charge in [0, 0.05) is 5.02 Å². The molecule has 1 amide bonds. The Labute approximate surface area is 132 Å². The van der Waals surface area contributed by atoms with E-state index < -0.39 is 17.7 Å². The van der Waals surface area contributed by atoms with Gasteiger partial charge in [-0.2, -0.15) is 0 Å². The molecule has 1 saturated heterocycles. The molecule has 22 heavy (non-hydrogen) atoms. The van der Waals surface area contributed by atoms with E-state index >= 15 is 0 Å². The van der Waals surface area contributed by atoms with Crippen LogP contribution in [0.4, 0.5) is 5.69 Å². The van der Waals surface area contributed by atoms with E-state index in [1.807, 2.05) is 0 Å². The molecule has 0 bridgehead atoms. The van der Waals surface area contributed by atoms with Crippen LogP contribution < -0.4 is 15.2 Å². The summed E-state index contributed by atoms with van der Waals surface area (Å²) in [5.41, 5.74) is 4.17. The minimum atomic E-state index is -0.724. The molecule has 6 heteroatoms. The summed E-state index contributed by atoms with van der Waals surface area (Å²) in [6, 6.07) is 13.0. The zero-order valence-corrected chi connectivity index (χ0v) is 12.5. The Morgan fingerprint density at radius 1 is 1.14 bits per heavy atom. The Morgan fingerprint density at radius 2 is 1.86 bits per heavy atom. The van der Waals surface area contributed by atoms with Crippen molar-refractivity contribution in [1.29, 1.82) is 0 Å². The fourth-order valence-corrected chi connectivity index (χ4v) is 2.43. The Morgan fingerprint density at radius 3 is 2.55 bits per heavy atom. The van der Waals surface area contributed by atoms with Crippen molar-refractivity contribution in [3.05, 3.63) is 59.1 Å². The largest absolute Gasteiger partial charge is 0.497 e. The molecule has 1 fully saturated rings. The van der Waals surface area contributed by atoms with Gasteiger partial charge in [-0.1, -0.05) is 23.7 Å². The first-order valence-corrected chi connectivity index (χ1v) is 7.02. The lowest BCUT2D eigenvalue weighted by Gasteiger charge is -2.17. The van der Waals surface area contributed by atoms with Crippen molar-refractivity contribution in [2.24, 2.45) is 0 Å². The van der Waals surface area contributed by atoms with Crippen molar-refractivity contribution in [2.75, 3.05) is 12.1 Å². The summed E-state index contributed by atoms with van der Waals surface area (Å²) >= 11 is 5.84. The number of ketones is 1. The normalized spacial score (nSPS) is 17.9. The minimum Gasteiger partial charge on any atom is -0.497 e. The van der Waals surface area contributed by atoms with E-state index in [4.69, 9.17) is 16.3 Å². The first-order chi connectivity index (χ1) is 10.6. The lowest BCUT2D eigenvalue weighted by atomic mass is 10.0. The second kappa shape index (κ2) is 5.79. The summed E-state index contributed by atoms with van der Waals surface area (Å²) in [5.74, 6) is -0.483. The first-order valence-electron chi connectivity index (χ1n) is 6.64. The molecule has 1 N–H and O–H groups in total. The molecule has 3 rings (SSSR count). The van der Waals surface area contributed by atoms with Crippen LogP contribution in [0.15, 0.2) is 48.5 Å². The van der Waals surface area contributed by atoms with E-state index in [0.29, 0.717) is 22.0 Å². The molecule has 1 aliphatic heterocycles. The standard InChI is InChI=1S/C16H13ClN2O3/c1-22-13-4-2-3-10(9-13)14-15(20)16(21)19(18-14)12-7-5-11(17)6-8-12/h2-9,14,18H,1H3. The highest BCUT2D eigenvalue weighted by atomic mass is 35.5. The number of benzene rings is 2. The van der Waals surface area contributed by atoms with E-state index in [2.05, 4.69) is 5.43 Å². The summed E-state index contributed by atoms with van der Waals surface area (Å²) in [7, 11) is 1.55. The predicted octanol–water partition coefficient (Wildman–Crippen LogP) is 2.51. The third-order valence-corrected chi connectivity index (χ3v) is 3.70. The van der Waals surface area contributed by atoms with Crippen molar-refractivity contribution in [2.45, 2.75) is 6.04 Å². The van der Waals surface area contributed by atoms with Crippen LogP contribution in [0.2, 0.25) is 5.02 Å². The SMILES string of the molecule is COc1cccc(C2NN(c3ccc(Cl)cc3)C(=O)C2=O)c1. The Hall–Kier alpha value is -2.37. The van der Waals surface area contributed by atoms with Gasteiger partial charge in [0.05, 0.1) is 12.8 Å². The summed E-state index contributed by atoms with van der Waals surface area (Å²) in [6.45, 7) is 0. The van der Waals surface area contributed by atoms with Crippen LogP contribution in [0.1, 0.15) is 11.6 Å². The molecular weight excluding hydrogens is 304 g/mol. The Kier molecular flexibility index (Phi) is 3.83. The molecular formula is C16H13ClN2O3.